The maximum absolute atomic E-state index is 12.3. The molecule has 0 aliphatic carbocycles. The van der Waals surface area contributed by atoms with Crippen LogP contribution in [-0.2, 0) is 13.1 Å². The van der Waals surface area contributed by atoms with Crippen molar-refractivity contribution in [2.75, 3.05) is 0 Å². The molecule has 2 N–H and O–H groups in total. The molecule has 0 fully saturated rings. The zero-order chi connectivity index (χ0) is 15.6. The molecule has 0 aliphatic rings. The van der Waals surface area contributed by atoms with Gasteiger partial charge in [-0.15, -0.1) is 0 Å². The van der Waals surface area contributed by atoms with Gasteiger partial charge < -0.3 is 5.11 Å². The fraction of sp³-hybridized carbons (Fsp3) is 0.385. The van der Waals surface area contributed by atoms with E-state index in [1.54, 1.807) is 6.07 Å². The highest BCUT2D eigenvalue weighted by Gasteiger charge is 2.13. The number of aromatic nitrogens is 4. The summed E-state index contributed by atoms with van der Waals surface area (Å²) >= 11 is 5.21. The number of nitrogens with one attached hydrogen (secondary N) is 1. The highest BCUT2D eigenvalue weighted by molar-refractivity contribution is 7.71. The topological polar surface area (TPSA) is 88.2 Å². The molecule has 0 spiro atoms. The van der Waals surface area contributed by atoms with Crippen LogP contribution in [0.2, 0.25) is 0 Å². The second kappa shape index (κ2) is 6.04. The molecule has 2 rings (SSSR count). The van der Waals surface area contributed by atoms with E-state index in [0.717, 1.165) is 5.69 Å². The summed E-state index contributed by atoms with van der Waals surface area (Å²) in [6.07, 6.45) is 1.32. The van der Waals surface area contributed by atoms with Crippen LogP contribution in [0.5, 0.6) is 5.88 Å². The van der Waals surface area contributed by atoms with Crippen molar-refractivity contribution in [3.8, 4) is 5.88 Å². The highest BCUT2D eigenvalue weighted by atomic mass is 32.1. The van der Waals surface area contributed by atoms with Crippen molar-refractivity contribution in [2.45, 2.75) is 33.9 Å². The Hall–Kier alpha value is -2.22. The Labute approximate surface area is 126 Å². The normalized spacial score (nSPS) is 11.4. The maximum atomic E-state index is 12.3. The summed E-state index contributed by atoms with van der Waals surface area (Å²) in [5.74, 6) is 0.271. The fourth-order valence-corrected chi connectivity index (χ4v) is 2.41. The first-order valence-corrected chi connectivity index (χ1v) is 7.03. The molecule has 7 nitrogen and oxygen atoms in total. The Bertz CT molecular complexity index is 800. The number of aryl methyl sites for hydroxylation is 1. The van der Waals surface area contributed by atoms with E-state index in [9.17, 15) is 9.90 Å². The number of aromatic hydroxyl groups is 1. The molecule has 2 aromatic heterocycles. The van der Waals surface area contributed by atoms with Crippen LogP contribution in [0.25, 0.3) is 0 Å². The van der Waals surface area contributed by atoms with Crippen LogP contribution >= 0.6 is 12.2 Å². The van der Waals surface area contributed by atoms with Gasteiger partial charge in [-0.1, -0.05) is 0 Å². The van der Waals surface area contributed by atoms with Crippen LogP contribution < -0.4 is 5.56 Å². The Morgan fingerprint density at radius 3 is 2.62 bits per heavy atom. The Morgan fingerprint density at radius 1 is 1.43 bits per heavy atom. The third-order valence-electron chi connectivity index (χ3n) is 3.08. The standard InChI is InChI=1S/C13H17N5O2S/c1-4-17-11(19)9(12(20)18(5-2)13(17)21)7-14-10-6-8(3)15-16-10/h6-7,19H,4-5H2,1-3H3,(H,15,16). The molecular weight excluding hydrogens is 290 g/mol. The molecular formula is C13H17N5O2S. The molecule has 2 heterocycles. The predicted molar refractivity (Wildman–Crippen MR) is 83.1 cm³/mol. The molecule has 2 aromatic rings. The van der Waals surface area contributed by atoms with Crippen LogP contribution in [0.4, 0.5) is 5.82 Å². The fourth-order valence-electron chi connectivity index (χ4n) is 1.99. The number of aliphatic imine (C=N–C) groups is 1. The van der Waals surface area contributed by atoms with Crippen molar-refractivity contribution in [3.63, 3.8) is 0 Å². The summed E-state index contributed by atoms with van der Waals surface area (Å²) in [7, 11) is 0. The Kier molecular flexibility index (Phi) is 4.37. The molecule has 0 amide bonds. The van der Waals surface area contributed by atoms with Gasteiger partial charge in [0.05, 0.1) is 0 Å². The molecule has 8 heteroatoms. The van der Waals surface area contributed by atoms with Crippen molar-refractivity contribution >= 4 is 24.3 Å². The van der Waals surface area contributed by atoms with Crippen molar-refractivity contribution < 1.29 is 5.11 Å². The van der Waals surface area contributed by atoms with E-state index in [0.29, 0.717) is 23.7 Å². The average molecular weight is 307 g/mol. The minimum absolute atomic E-state index is 0.105. The second-order valence-electron chi connectivity index (χ2n) is 4.48. The van der Waals surface area contributed by atoms with E-state index >= 15 is 0 Å². The number of aromatic amines is 1. The predicted octanol–water partition coefficient (Wildman–Crippen LogP) is 1.91. The van der Waals surface area contributed by atoms with Crippen LogP contribution in [-0.4, -0.2) is 30.7 Å². The van der Waals surface area contributed by atoms with Gasteiger partial charge in [0, 0.05) is 31.1 Å². The third kappa shape index (κ3) is 2.80. The lowest BCUT2D eigenvalue weighted by molar-refractivity contribution is 0.399. The SMILES string of the molecule is CCn1c(O)c(C=Nc2cc(C)[nH]n2)c(=O)n(CC)c1=S. The van der Waals surface area contributed by atoms with E-state index < -0.39 is 0 Å². The van der Waals surface area contributed by atoms with E-state index in [-0.39, 0.29) is 17.0 Å². The van der Waals surface area contributed by atoms with Crippen LogP contribution in [0.3, 0.4) is 0 Å². The van der Waals surface area contributed by atoms with Gasteiger partial charge in [-0.05, 0) is 33.0 Å². The van der Waals surface area contributed by atoms with Gasteiger partial charge in [0.1, 0.15) is 5.56 Å². The highest BCUT2D eigenvalue weighted by Crippen LogP contribution is 2.14. The van der Waals surface area contributed by atoms with Crippen LogP contribution in [0.1, 0.15) is 25.1 Å². The van der Waals surface area contributed by atoms with Crippen LogP contribution in [0, 0.1) is 11.7 Å². The molecule has 112 valence electrons. The molecule has 0 aliphatic heterocycles. The number of hydrogen-bond donors (Lipinski definition) is 2. The van der Waals surface area contributed by atoms with Crippen molar-refractivity contribution in [3.05, 3.63) is 32.4 Å². The van der Waals surface area contributed by atoms with Crippen molar-refractivity contribution in [1.29, 1.82) is 0 Å². The van der Waals surface area contributed by atoms with E-state index in [1.165, 1.54) is 15.3 Å². The number of rotatable bonds is 4. The first-order valence-electron chi connectivity index (χ1n) is 6.62. The quantitative estimate of drug-likeness (QED) is 0.667. The van der Waals surface area contributed by atoms with E-state index in [1.807, 2.05) is 20.8 Å². The molecule has 21 heavy (non-hydrogen) atoms. The smallest absolute Gasteiger partial charge is 0.267 e. The van der Waals surface area contributed by atoms with Crippen molar-refractivity contribution in [1.82, 2.24) is 19.3 Å². The van der Waals surface area contributed by atoms with Gasteiger partial charge in [0.25, 0.3) is 5.56 Å². The zero-order valence-electron chi connectivity index (χ0n) is 12.1. The largest absolute Gasteiger partial charge is 0.494 e. The maximum Gasteiger partial charge on any atom is 0.267 e. The second-order valence-corrected chi connectivity index (χ2v) is 4.85. The summed E-state index contributed by atoms with van der Waals surface area (Å²) in [6.45, 7) is 6.42. The van der Waals surface area contributed by atoms with E-state index in [2.05, 4.69) is 15.2 Å². The molecule has 0 atom stereocenters. The average Bonchev–Trinajstić information content (AvgIpc) is 2.85. The lowest BCUT2D eigenvalue weighted by atomic mass is 10.3. The van der Waals surface area contributed by atoms with Gasteiger partial charge in [-0.25, -0.2) is 4.99 Å². The first-order chi connectivity index (χ1) is 9.99. The van der Waals surface area contributed by atoms with E-state index in [4.69, 9.17) is 12.2 Å². The van der Waals surface area contributed by atoms with Gasteiger partial charge >= 0.3 is 0 Å². The minimum atomic E-state index is -0.360. The number of H-pyrrole nitrogens is 1. The minimum Gasteiger partial charge on any atom is -0.494 e. The summed E-state index contributed by atoms with van der Waals surface area (Å²) in [6, 6.07) is 1.74. The van der Waals surface area contributed by atoms with Gasteiger partial charge in [-0.3, -0.25) is 19.0 Å². The van der Waals surface area contributed by atoms with Gasteiger partial charge in [0.2, 0.25) is 5.88 Å². The molecule has 0 unspecified atom stereocenters. The first kappa shape index (κ1) is 15.2. The molecule has 0 saturated heterocycles. The Balaban J connectivity index is 2.60. The summed E-state index contributed by atoms with van der Waals surface area (Å²) in [5.41, 5.74) is 0.607. The monoisotopic (exact) mass is 307 g/mol. The Morgan fingerprint density at radius 2 is 2.10 bits per heavy atom. The van der Waals surface area contributed by atoms with Crippen molar-refractivity contribution in [2.24, 2.45) is 4.99 Å². The van der Waals surface area contributed by atoms with Gasteiger partial charge in [-0.2, -0.15) is 5.10 Å². The van der Waals surface area contributed by atoms with Crippen LogP contribution in [0.15, 0.2) is 15.9 Å². The van der Waals surface area contributed by atoms with Gasteiger partial charge in [0.15, 0.2) is 10.6 Å². The lowest BCUT2D eigenvalue weighted by Crippen LogP contribution is -2.27. The third-order valence-corrected chi connectivity index (χ3v) is 3.53. The number of nitrogens with zero attached hydrogens (tertiary/aromatic N) is 4. The molecule has 0 radical (unpaired) electrons. The number of hydrogen-bond acceptors (Lipinski definition) is 5. The zero-order valence-corrected chi connectivity index (χ0v) is 12.9. The summed E-state index contributed by atoms with van der Waals surface area (Å²) < 4.78 is 3.22. The molecule has 0 aromatic carbocycles. The summed E-state index contributed by atoms with van der Waals surface area (Å²) in [4.78, 5) is 16.5. The molecule has 0 bridgehead atoms. The summed E-state index contributed by atoms with van der Waals surface area (Å²) in [5, 5.41) is 16.9. The molecule has 0 saturated carbocycles. The lowest BCUT2D eigenvalue weighted by Gasteiger charge is -2.13.